The molecule has 0 aromatic heterocycles. The number of thiocarbonyl (C=S) groups is 1. The number of allylic oxidation sites excluding steroid dienone is 3. The van der Waals surface area contributed by atoms with Crippen LogP contribution in [0.15, 0.2) is 42.0 Å². The number of hydrogen-bond donors (Lipinski definition) is 0. The zero-order chi connectivity index (χ0) is 10.7. The molecular formula is C13H10OS. The topological polar surface area (TPSA) is 17.1 Å². The first-order chi connectivity index (χ1) is 7.33. The molecule has 74 valence electrons. The quantitative estimate of drug-likeness (QED) is 0.406. The third kappa shape index (κ3) is 1.96. The molecule has 0 aliphatic heterocycles. The van der Waals surface area contributed by atoms with Gasteiger partial charge in [-0.05, 0) is 24.0 Å². The van der Waals surface area contributed by atoms with Gasteiger partial charge < -0.3 is 0 Å². The molecule has 2 rings (SSSR count). The van der Waals surface area contributed by atoms with Crippen LogP contribution in [-0.4, -0.2) is 10.8 Å². The molecule has 1 aliphatic rings. The highest BCUT2D eigenvalue weighted by Gasteiger charge is 2.17. The predicted molar refractivity (Wildman–Crippen MR) is 65.5 cm³/mol. The molecule has 15 heavy (non-hydrogen) atoms. The lowest BCUT2D eigenvalue weighted by molar-refractivity contribution is 0.568. The Balaban J connectivity index is 2.49. The maximum Gasteiger partial charge on any atom is 0.134 e. The van der Waals surface area contributed by atoms with Gasteiger partial charge in [-0.1, -0.05) is 48.6 Å². The van der Waals surface area contributed by atoms with Crippen molar-refractivity contribution in [2.24, 2.45) is 0 Å². The maximum absolute atomic E-state index is 10.9. The first-order valence-electron chi connectivity index (χ1n) is 4.87. The van der Waals surface area contributed by atoms with Gasteiger partial charge in [0.1, 0.15) is 5.94 Å². The van der Waals surface area contributed by atoms with Crippen molar-refractivity contribution < 1.29 is 4.79 Å². The zero-order valence-electron chi connectivity index (χ0n) is 8.19. The van der Waals surface area contributed by atoms with Gasteiger partial charge in [-0.3, -0.25) is 0 Å². The molecule has 1 aromatic carbocycles. The lowest BCUT2D eigenvalue weighted by atomic mass is 9.89. The Morgan fingerprint density at radius 2 is 1.93 bits per heavy atom. The standard InChI is InChI=1S/C13H10OS/c14-9-12-11(7-4-8-13(12)15)10-5-2-1-3-6-10/h1-3,5-7H,4,8H2. The smallest absolute Gasteiger partial charge is 0.134 e. The van der Waals surface area contributed by atoms with E-state index in [0.717, 1.165) is 28.8 Å². The summed E-state index contributed by atoms with van der Waals surface area (Å²) < 4.78 is 0. The van der Waals surface area contributed by atoms with Gasteiger partial charge in [-0.2, -0.15) is 0 Å². The largest absolute Gasteiger partial charge is 0.233 e. The van der Waals surface area contributed by atoms with Crippen LogP contribution >= 0.6 is 12.2 Å². The van der Waals surface area contributed by atoms with E-state index < -0.39 is 0 Å². The summed E-state index contributed by atoms with van der Waals surface area (Å²) in [5, 5.41) is 0. The van der Waals surface area contributed by atoms with Crippen LogP contribution in [0.1, 0.15) is 18.4 Å². The fourth-order valence-corrected chi connectivity index (χ4v) is 1.99. The second-order valence-corrected chi connectivity index (χ2v) is 3.92. The van der Waals surface area contributed by atoms with Crippen LogP contribution in [0.4, 0.5) is 0 Å². The monoisotopic (exact) mass is 214 g/mol. The van der Waals surface area contributed by atoms with Crippen molar-refractivity contribution in [2.45, 2.75) is 12.8 Å². The van der Waals surface area contributed by atoms with Gasteiger partial charge in [-0.25, -0.2) is 4.79 Å². The fraction of sp³-hybridized carbons (Fsp3) is 0.154. The molecule has 0 saturated heterocycles. The molecule has 2 heteroatoms. The normalized spacial score (nSPS) is 15.9. The van der Waals surface area contributed by atoms with Crippen molar-refractivity contribution in [3.8, 4) is 0 Å². The molecule has 0 N–H and O–H groups in total. The van der Waals surface area contributed by atoms with Gasteiger partial charge in [0.2, 0.25) is 0 Å². The molecule has 0 bridgehead atoms. The van der Waals surface area contributed by atoms with Gasteiger partial charge in [0, 0.05) is 4.86 Å². The summed E-state index contributed by atoms with van der Waals surface area (Å²) >= 11 is 5.16. The number of rotatable bonds is 1. The van der Waals surface area contributed by atoms with E-state index in [4.69, 9.17) is 12.2 Å². The van der Waals surface area contributed by atoms with Gasteiger partial charge in [-0.15, -0.1) is 0 Å². The molecule has 1 aromatic rings. The summed E-state index contributed by atoms with van der Waals surface area (Å²) in [5.74, 6) is 1.96. The van der Waals surface area contributed by atoms with Crippen LogP contribution in [0.3, 0.4) is 0 Å². The SMILES string of the molecule is O=C=C1C(=S)CCC=C1c1ccccc1. The van der Waals surface area contributed by atoms with E-state index in [1.54, 1.807) is 0 Å². The van der Waals surface area contributed by atoms with Gasteiger partial charge in [0.15, 0.2) is 0 Å². The fourth-order valence-electron chi connectivity index (χ4n) is 1.72. The molecular weight excluding hydrogens is 204 g/mol. The van der Waals surface area contributed by atoms with Crippen LogP contribution in [0.5, 0.6) is 0 Å². The molecule has 1 nitrogen and oxygen atoms in total. The molecule has 0 radical (unpaired) electrons. The van der Waals surface area contributed by atoms with E-state index in [2.05, 4.69) is 6.08 Å². The van der Waals surface area contributed by atoms with E-state index in [0.29, 0.717) is 5.57 Å². The lowest BCUT2D eigenvalue weighted by Crippen LogP contribution is -2.07. The Kier molecular flexibility index (Phi) is 2.91. The highest BCUT2D eigenvalue weighted by atomic mass is 32.1. The van der Waals surface area contributed by atoms with Gasteiger partial charge >= 0.3 is 0 Å². The molecule has 0 saturated carbocycles. The van der Waals surface area contributed by atoms with E-state index in [9.17, 15) is 4.79 Å². The molecule has 0 spiro atoms. The van der Waals surface area contributed by atoms with E-state index >= 15 is 0 Å². The summed E-state index contributed by atoms with van der Waals surface area (Å²) in [4.78, 5) is 11.6. The number of benzene rings is 1. The summed E-state index contributed by atoms with van der Waals surface area (Å²) in [6.45, 7) is 0. The highest BCUT2D eigenvalue weighted by Crippen LogP contribution is 2.28. The van der Waals surface area contributed by atoms with Crippen molar-refractivity contribution in [3.05, 3.63) is 47.5 Å². The van der Waals surface area contributed by atoms with Crippen molar-refractivity contribution in [1.29, 1.82) is 0 Å². The van der Waals surface area contributed by atoms with Crippen molar-refractivity contribution in [3.63, 3.8) is 0 Å². The second-order valence-electron chi connectivity index (χ2n) is 3.42. The molecule has 1 aliphatic carbocycles. The second kappa shape index (κ2) is 4.35. The number of hydrogen-bond acceptors (Lipinski definition) is 2. The average molecular weight is 214 g/mol. The Labute approximate surface area is 94.1 Å². The summed E-state index contributed by atoms with van der Waals surface area (Å²) in [6.07, 6.45) is 3.76. The third-order valence-electron chi connectivity index (χ3n) is 2.45. The van der Waals surface area contributed by atoms with E-state index in [1.807, 2.05) is 36.3 Å². The highest BCUT2D eigenvalue weighted by molar-refractivity contribution is 7.81. The van der Waals surface area contributed by atoms with Crippen molar-refractivity contribution in [2.75, 3.05) is 0 Å². The Bertz CT molecular complexity index is 465. The van der Waals surface area contributed by atoms with Crippen molar-refractivity contribution >= 4 is 28.6 Å². The lowest BCUT2D eigenvalue weighted by Gasteiger charge is -2.14. The Morgan fingerprint density at radius 3 is 2.60 bits per heavy atom. The van der Waals surface area contributed by atoms with Crippen LogP contribution in [-0.2, 0) is 4.79 Å². The number of carbonyl (C=O) groups excluding carboxylic acids is 1. The average Bonchev–Trinajstić information content (AvgIpc) is 2.30. The summed E-state index contributed by atoms with van der Waals surface area (Å²) in [6, 6.07) is 9.83. The Morgan fingerprint density at radius 1 is 1.20 bits per heavy atom. The van der Waals surface area contributed by atoms with Crippen molar-refractivity contribution in [1.82, 2.24) is 0 Å². The maximum atomic E-state index is 10.9. The van der Waals surface area contributed by atoms with E-state index in [1.165, 1.54) is 0 Å². The molecule has 0 unspecified atom stereocenters. The van der Waals surface area contributed by atoms with Crippen LogP contribution < -0.4 is 0 Å². The van der Waals surface area contributed by atoms with Crippen LogP contribution in [0.25, 0.3) is 5.57 Å². The molecule has 0 atom stereocenters. The zero-order valence-corrected chi connectivity index (χ0v) is 9.01. The predicted octanol–water partition coefficient (Wildman–Crippen LogP) is 2.99. The molecule has 0 heterocycles. The van der Waals surface area contributed by atoms with Gasteiger partial charge in [0.25, 0.3) is 0 Å². The summed E-state index contributed by atoms with van der Waals surface area (Å²) in [5.41, 5.74) is 2.53. The van der Waals surface area contributed by atoms with Crippen LogP contribution in [0.2, 0.25) is 0 Å². The summed E-state index contributed by atoms with van der Waals surface area (Å²) in [7, 11) is 0. The first kappa shape index (κ1) is 10.0. The van der Waals surface area contributed by atoms with Gasteiger partial charge in [0.05, 0.1) is 5.57 Å². The molecule has 0 fully saturated rings. The Hall–Kier alpha value is -1.50. The minimum absolute atomic E-state index is 0.558. The minimum atomic E-state index is 0.558. The van der Waals surface area contributed by atoms with Crippen LogP contribution in [0, 0.1) is 0 Å². The first-order valence-corrected chi connectivity index (χ1v) is 5.28. The molecule has 0 amide bonds. The minimum Gasteiger partial charge on any atom is -0.233 e. The third-order valence-corrected chi connectivity index (χ3v) is 2.86. The van der Waals surface area contributed by atoms with E-state index in [-0.39, 0.29) is 0 Å².